The predicted octanol–water partition coefficient (Wildman–Crippen LogP) is 2.18. The molecule has 0 atom stereocenters. The van der Waals surface area contributed by atoms with E-state index in [2.05, 4.69) is 17.2 Å². The number of rotatable bonds is 5. The molecule has 1 heterocycles. The van der Waals surface area contributed by atoms with Crippen LogP contribution in [0.25, 0.3) is 11.3 Å². The van der Waals surface area contributed by atoms with Crippen LogP contribution in [0.3, 0.4) is 0 Å². The van der Waals surface area contributed by atoms with Crippen LogP contribution in [0.1, 0.15) is 23.7 Å². The van der Waals surface area contributed by atoms with Crippen molar-refractivity contribution in [1.82, 2.24) is 15.0 Å². The highest BCUT2D eigenvalue weighted by molar-refractivity contribution is 5.87. The van der Waals surface area contributed by atoms with Crippen LogP contribution >= 0.6 is 0 Å². The van der Waals surface area contributed by atoms with Crippen molar-refractivity contribution in [2.45, 2.75) is 19.9 Å². The van der Waals surface area contributed by atoms with Gasteiger partial charge >= 0.3 is 0 Å². The second-order valence-electron chi connectivity index (χ2n) is 3.91. The van der Waals surface area contributed by atoms with Crippen molar-refractivity contribution in [1.29, 1.82) is 0 Å². The van der Waals surface area contributed by atoms with Gasteiger partial charge in [0.05, 0.1) is 19.0 Å². The summed E-state index contributed by atoms with van der Waals surface area (Å²) in [6.07, 6.45) is 3.45. The van der Waals surface area contributed by atoms with Crippen LogP contribution in [0.5, 0.6) is 5.75 Å². The molecular weight excluding hydrogens is 230 g/mol. The third kappa shape index (κ3) is 2.25. The molecule has 0 spiro atoms. The fourth-order valence-corrected chi connectivity index (χ4v) is 1.83. The molecule has 0 aliphatic heterocycles. The Morgan fingerprint density at radius 1 is 1.44 bits per heavy atom. The Balaban J connectivity index is 2.53. The Kier molecular flexibility index (Phi) is 3.72. The van der Waals surface area contributed by atoms with Gasteiger partial charge < -0.3 is 4.74 Å². The zero-order valence-corrected chi connectivity index (χ0v) is 10.5. The van der Waals surface area contributed by atoms with E-state index >= 15 is 0 Å². The van der Waals surface area contributed by atoms with Crippen molar-refractivity contribution in [3.05, 3.63) is 30.0 Å². The summed E-state index contributed by atoms with van der Waals surface area (Å²) in [7, 11) is 1.60. The quantitative estimate of drug-likeness (QED) is 0.757. The first-order valence-electron chi connectivity index (χ1n) is 5.82. The number of benzene rings is 1. The van der Waals surface area contributed by atoms with Crippen molar-refractivity contribution in [2.75, 3.05) is 7.11 Å². The first-order chi connectivity index (χ1) is 8.80. The number of nitrogens with zero attached hydrogens (tertiary/aromatic N) is 3. The van der Waals surface area contributed by atoms with E-state index in [0.29, 0.717) is 11.3 Å². The molecule has 0 amide bonds. The summed E-state index contributed by atoms with van der Waals surface area (Å²) in [5.74, 6) is 0.708. The van der Waals surface area contributed by atoms with Crippen molar-refractivity contribution in [3.8, 4) is 17.0 Å². The Bertz CT molecular complexity index is 549. The first-order valence-corrected chi connectivity index (χ1v) is 5.82. The lowest BCUT2D eigenvalue weighted by Gasteiger charge is -2.09. The second-order valence-corrected chi connectivity index (χ2v) is 3.91. The van der Waals surface area contributed by atoms with Crippen LogP contribution in [0.15, 0.2) is 24.4 Å². The Morgan fingerprint density at radius 3 is 2.94 bits per heavy atom. The van der Waals surface area contributed by atoms with Crippen molar-refractivity contribution in [2.24, 2.45) is 0 Å². The number of hydrogen-bond acceptors (Lipinski definition) is 4. The van der Waals surface area contributed by atoms with Crippen LogP contribution < -0.4 is 4.74 Å². The Morgan fingerprint density at radius 2 is 2.28 bits per heavy atom. The molecule has 18 heavy (non-hydrogen) atoms. The normalized spacial score (nSPS) is 10.3. The summed E-state index contributed by atoms with van der Waals surface area (Å²) in [6, 6.07) is 5.33. The zero-order chi connectivity index (χ0) is 13.0. The fraction of sp³-hybridized carbons (Fsp3) is 0.308. The maximum absolute atomic E-state index is 11.1. The van der Waals surface area contributed by atoms with Gasteiger partial charge in [-0.3, -0.25) is 4.79 Å². The zero-order valence-electron chi connectivity index (χ0n) is 10.5. The van der Waals surface area contributed by atoms with Crippen LogP contribution in [0.2, 0.25) is 0 Å². The van der Waals surface area contributed by atoms with Gasteiger partial charge in [-0.05, 0) is 24.6 Å². The number of aromatic nitrogens is 3. The number of aryl methyl sites for hydroxylation is 1. The second kappa shape index (κ2) is 5.44. The lowest BCUT2D eigenvalue weighted by atomic mass is 10.1. The molecule has 0 saturated heterocycles. The summed E-state index contributed by atoms with van der Waals surface area (Å²) in [5, 5.41) is 7.93. The van der Waals surface area contributed by atoms with Gasteiger partial charge in [0.15, 0.2) is 6.29 Å². The van der Waals surface area contributed by atoms with Gasteiger partial charge in [0.2, 0.25) is 0 Å². The van der Waals surface area contributed by atoms with Crippen molar-refractivity contribution < 1.29 is 9.53 Å². The molecule has 0 unspecified atom stereocenters. The molecule has 5 nitrogen and oxygen atoms in total. The number of ether oxygens (including phenoxy) is 1. The van der Waals surface area contributed by atoms with E-state index in [1.165, 1.54) is 0 Å². The molecule has 0 aliphatic carbocycles. The monoisotopic (exact) mass is 245 g/mol. The molecule has 5 heteroatoms. The Hall–Kier alpha value is -2.17. The van der Waals surface area contributed by atoms with Gasteiger partial charge in [-0.2, -0.15) is 0 Å². The summed E-state index contributed by atoms with van der Waals surface area (Å²) >= 11 is 0. The van der Waals surface area contributed by atoms with Gasteiger partial charge in [-0.25, -0.2) is 4.68 Å². The number of methoxy groups -OCH3 is 1. The molecule has 0 saturated carbocycles. The van der Waals surface area contributed by atoms with E-state index < -0.39 is 0 Å². The van der Waals surface area contributed by atoms with E-state index in [1.807, 2.05) is 6.07 Å². The molecule has 0 N–H and O–H groups in total. The minimum atomic E-state index is 0.607. The van der Waals surface area contributed by atoms with E-state index in [4.69, 9.17) is 4.74 Å². The highest BCUT2D eigenvalue weighted by Gasteiger charge is 2.11. The molecule has 2 rings (SSSR count). The third-order valence-electron chi connectivity index (χ3n) is 2.72. The topological polar surface area (TPSA) is 57.0 Å². The van der Waals surface area contributed by atoms with Crippen LogP contribution in [-0.4, -0.2) is 28.4 Å². The van der Waals surface area contributed by atoms with Crippen LogP contribution in [0, 0.1) is 0 Å². The standard InChI is InChI=1S/C13H15N3O2/c1-3-6-16-13(8-14-15-16)12-7-11(18-2)5-4-10(12)9-17/h4-5,7-9H,3,6H2,1-2H3. The lowest BCUT2D eigenvalue weighted by molar-refractivity contribution is 0.112. The minimum absolute atomic E-state index is 0.607. The molecule has 1 aromatic carbocycles. The van der Waals surface area contributed by atoms with Crippen LogP contribution in [-0.2, 0) is 6.54 Å². The van der Waals surface area contributed by atoms with Crippen LogP contribution in [0.4, 0.5) is 0 Å². The average Bonchev–Trinajstić information content (AvgIpc) is 2.86. The summed E-state index contributed by atoms with van der Waals surface area (Å²) < 4.78 is 6.98. The molecule has 0 radical (unpaired) electrons. The number of hydrogen-bond donors (Lipinski definition) is 0. The van der Waals surface area contributed by atoms with E-state index in [0.717, 1.165) is 30.5 Å². The molecule has 94 valence electrons. The van der Waals surface area contributed by atoms with Gasteiger partial charge in [0, 0.05) is 17.7 Å². The lowest BCUT2D eigenvalue weighted by Crippen LogP contribution is -2.03. The number of carbonyl (C=O) groups is 1. The summed E-state index contributed by atoms with van der Waals surface area (Å²) in [6.45, 7) is 2.84. The fourth-order valence-electron chi connectivity index (χ4n) is 1.83. The van der Waals surface area contributed by atoms with E-state index in [-0.39, 0.29) is 0 Å². The summed E-state index contributed by atoms with van der Waals surface area (Å²) in [5.41, 5.74) is 2.23. The highest BCUT2D eigenvalue weighted by Crippen LogP contribution is 2.26. The van der Waals surface area contributed by atoms with Crippen molar-refractivity contribution in [3.63, 3.8) is 0 Å². The summed E-state index contributed by atoms with van der Waals surface area (Å²) in [4.78, 5) is 11.1. The molecule has 1 aromatic heterocycles. The first kappa shape index (κ1) is 12.3. The molecule has 0 fully saturated rings. The molecule has 0 bridgehead atoms. The van der Waals surface area contributed by atoms with Crippen molar-refractivity contribution >= 4 is 6.29 Å². The molecular formula is C13H15N3O2. The largest absolute Gasteiger partial charge is 0.497 e. The van der Waals surface area contributed by atoms with Gasteiger partial charge in [-0.15, -0.1) is 5.10 Å². The van der Waals surface area contributed by atoms with Gasteiger partial charge in [-0.1, -0.05) is 12.1 Å². The SMILES string of the molecule is CCCn1nncc1-c1cc(OC)ccc1C=O. The predicted molar refractivity (Wildman–Crippen MR) is 67.7 cm³/mol. The Labute approximate surface area is 105 Å². The molecule has 2 aromatic rings. The van der Waals surface area contributed by atoms with Gasteiger partial charge in [0.1, 0.15) is 5.75 Å². The highest BCUT2D eigenvalue weighted by atomic mass is 16.5. The average molecular weight is 245 g/mol. The third-order valence-corrected chi connectivity index (χ3v) is 2.72. The van der Waals surface area contributed by atoms with Gasteiger partial charge in [0.25, 0.3) is 0 Å². The minimum Gasteiger partial charge on any atom is -0.497 e. The number of carbonyl (C=O) groups excluding carboxylic acids is 1. The molecule has 0 aliphatic rings. The maximum Gasteiger partial charge on any atom is 0.150 e. The smallest absolute Gasteiger partial charge is 0.150 e. The van der Waals surface area contributed by atoms with E-state index in [9.17, 15) is 4.79 Å². The van der Waals surface area contributed by atoms with E-state index in [1.54, 1.807) is 30.1 Å². The number of aldehydes is 1. The maximum atomic E-state index is 11.1.